The second kappa shape index (κ2) is 8.30. The first-order valence-corrected chi connectivity index (χ1v) is 9.01. The van der Waals surface area contributed by atoms with E-state index in [1.165, 1.54) is 36.8 Å². The fourth-order valence-corrected chi connectivity index (χ4v) is 3.80. The lowest BCUT2D eigenvalue weighted by Crippen LogP contribution is -2.31. The van der Waals surface area contributed by atoms with Gasteiger partial charge in [-0.3, -0.25) is 4.79 Å². The van der Waals surface area contributed by atoms with Crippen LogP contribution in [-0.2, 0) is 4.79 Å². The van der Waals surface area contributed by atoms with Gasteiger partial charge in [-0.1, -0.05) is 42.0 Å². The van der Waals surface area contributed by atoms with Gasteiger partial charge < -0.3 is 10.6 Å². The lowest BCUT2D eigenvalue weighted by molar-refractivity contribution is -0.122. The Morgan fingerprint density at radius 2 is 1.91 bits per heavy atom. The Morgan fingerprint density at radius 1 is 1.13 bits per heavy atom. The zero-order valence-electron chi connectivity index (χ0n) is 13.9. The predicted molar refractivity (Wildman–Crippen MR) is 94.3 cm³/mol. The van der Waals surface area contributed by atoms with Gasteiger partial charge in [0.15, 0.2) is 0 Å². The lowest BCUT2D eigenvalue weighted by atomic mass is 9.77. The van der Waals surface area contributed by atoms with Crippen LogP contribution < -0.4 is 10.6 Å². The Bertz CT molecular complexity index is 530. The second-order valence-corrected chi connectivity index (χ2v) is 6.93. The minimum absolute atomic E-state index is 0.229. The van der Waals surface area contributed by atoms with E-state index >= 15 is 0 Å². The zero-order chi connectivity index (χ0) is 15.9. The average molecular weight is 312 g/mol. The summed E-state index contributed by atoms with van der Waals surface area (Å²) in [7, 11) is 0. The average Bonchev–Trinajstić information content (AvgIpc) is 2.62. The summed E-state index contributed by atoms with van der Waals surface area (Å²) in [6, 6.07) is 10.8. The van der Waals surface area contributed by atoms with Crippen molar-refractivity contribution in [1.29, 1.82) is 0 Å². The zero-order valence-corrected chi connectivity index (χ0v) is 13.9. The highest BCUT2D eigenvalue weighted by atomic mass is 16.1. The summed E-state index contributed by atoms with van der Waals surface area (Å²) >= 11 is 0. The Labute approximate surface area is 139 Å². The Balaban J connectivity index is 1.38. The molecule has 1 amide bonds. The smallest absolute Gasteiger partial charge is 0.220 e. The summed E-state index contributed by atoms with van der Waals surface area (Å²) in [5, 5.41) is 6.40. The Morgan fingerprint density at radius 3 is 2.61 bits per heavy atom. The summed E-state index contributed by atoms with van der Waals surface area (Å²) in [4.78, 5) is 12.2. The van der Waals surface area contributed by atoms with E-state index in [2.05, 4.69) is 47.0 Å². The van der Waals surface area contributed by atoms with E-state index in [0.29, 0.717) is 18.3 Å². The minimum Gasteiger partial charge on any atom is -0.352 e. The number of hydrogen-bond donors (Lipinski definition) is 2. The molecule has 3 heteroatoms. The van der Waals surface area contributed by atoms with Gasteiger partial charge in [-0.15, -0.1) is 0 Å². The third kappa shape index (κ3) is 4.93. The van der Waals surface area contributed by atoms with Crippen molar-refractivity contribution in [2.24, 2.45) is 5.92 Å². The fraction of sp³-hybridized carbons (Fsp3) is 0.550. The van der Waals surface area contributed by atoms with Crippen LogP contribution in [0.2, 0.25) is 0 Å². The molecular weight excluding hydrogens is 284 g/mol. The maximum absolute atomic E-state index is 12.2. The van der Waals surface area contributed by atoms with E-state index in [-0.39, 0.29) is 5.91 Å². The molecule has 1 fully saturated rings. The molecule has 3 nitrogen and oxygen atoms in total. The third-order valence-electron chi connectivity index (χ3n) is 5.26. The van der Waals surface area contributed by atoms with Crippen LogP contribution in [-0.4, -0.2) is 25.5 Å². The molecule has 0 saturated heterocycles. The van der Waals surface area contributed by atoms with Crippen LogP contribution in [0.15, 0.2) is 42.0 Å². The van der Waals surface area contributed by atoms with Crippen LogP contribution in [0.3, 0.4) is 0 Å². The second-order valence-electron chi connectivity index (χ2n) is 6.93. The topological polar surface area (TPSA) is 41.1 Å². The number of nitrogens with one attached hydrogen (secondary N) is 2. The molecule has 0 spiro atoms. The van der Waals surface area contributed by atoms with Gasteiger partial charge in [0.2, 0.25) is 5.91 Å². The van der Waals surface area contributed by atoms with Crippen molar-refractivity contribution in [3.8, 4) is 0 Å². The molecule has 1 aliphatic heterocycles. The molecule has 0 bridgehead atoms. The number of benzene rings is 1. The van der Waals surface area contributed by atoms with Crippen molar-refractivity contribution in [2.75, 3.05) is 19.6 Å². The molecular formula is C20H28N2O. The summed E-state index contributed by atoms with van der Waals surface area (Å²) in [6.45, 7) is 2.71. The van der Waals surface area contributed by atoms with Gasteiger partial charge in [-0.2, -0.15) is 0 Å². The van der Waals surface area contributed by atoms with E-state index in [9.17, 15) is 4.79 Å². The third-order valence-corrected chi connectivity index (χ3v) is 5.26. The molecule has 0 aromatic heterocycles. The van der Waals surface area contributed by atoms with Crippen molar-refractivity contribution in [2.45, 2.75) is 44.4 Å². The van der Waals surface area contributed by atoms with Crippen LogP contribution in [0.4, 0.5) is 0 Å². The van der Waals surface area contributed by atoms with Crippen molar-refractivity contribution in [3.63, 3.8) is 0 Å². The first-order valence-electron chi connectivity index (χ1n) is 9.01. The largest absolute Gasteiger partial charge is 0.352 e. The highest BCUT2D eigenvalue weighted by Gasteiger charge is 2.23. The van der Waals surface area contributed by atoms with Crippen molar-refractivity contribution < 1.29 is 4.79 Å². The molecule has 0 unspecified atom stereocenters. The normalized spacial score (nSPS) is 24.8. The van der Waals surface area contributed by atoms with Gasteiger partial charge in [-0.25, -0.2) is 0 Å². The number of rotatable bonds is 5. The fourth-order valence-electron chi connectivity index (χ4n) is 3.80. The highest BCUT2D eigenvalue weighted by molar-refractivity contribution is 5.76. The van der Waals surface area contributed by atoms with Crippen LogP contribution in [0.1, 0.15) is 50.0 Å². The summed E-state index contributed by atoms with van der Waals surface area (Å²) < 4.78 is 0. The molecule has 2 N–H and O–H groups in total. The Kier molecular flexibility index (Phi) is 5.87. The quantitative estimate of drug-likeness (QED) is 0.818. The molecule has 124 valence electrons. The lowest BCUT2D eigenvalue weighted by Gasteiger charge is -2.28. The molecule has 1 aromatic rings. The van der Waals surface area contributed by atoms with E-state index in [1.54, 1.807) is 0 Å². The van der Waals surface area contributed by atoms with Crippen molar-refractivity contribution >= 4 is 5.91 Å². The number of amides is 1. The maximum Gasteiger partial charge on any atom is 0.220 e. The van der Waals surface area contributed by atoms with Gasteiger partial charge >= 0.3 is 0 Å². The molecule has 1 heterocycles. The van der Waals surface area contributed by atoms with Crippen LogP contribution in [0, 0.1) is 5.92 Å². The van der Waals surface area contributed by atoms with Gasteiger partial charge in [0.05, 0.1) is 0 Å². The van der Waals surface area contributed by atoms with Gasteiger partial charge in [0.25, 0.3) is 0 Å². The van der Waals surface area contributed by atoms with E-state index in [1.807, 2.05) is 0 Å². The first kappa shape index (κ1) is 16.3. The summed E-state index contributed by atoms with van der Waals surface area (Å²) in [6.07, 6.45) is 8.76. The van der Waals surface area contributed by atoms with Crippen LogP contribution >= 0.6 is 0 Å². The molecule has 1 saturated carbocycles. The highest BCUT2D eigenvalue weighted by Crippen LogP contribution is 2.36. The van der Waals surface area contributed by atoms with E-state index < -0.39 is 0 Å². The molecule has 23 heavy (non-hydrogen) atoms. The SMILES string of the molecule is O=C(CC1CCC(c2ccccc2)CC1)NCC1=CCNCC1. The van der Waals surface area contributed by atoms with Gasteiger partial charge in [0.1, 0.15) is 0 Å². The molecule has 1 aromatic carbocycles. The number of hydrogen-bond acceptors (Lipinski definition) is 2. The molecule has 0 radical (unpaired) electrons. The monoisotopic (exact) mass is 312 g/mol. The van der Waals surface area contributed by atoms with Crippen LogP contribution in [0.25, 0.3) is 0 Å². The Hall–Kier alpha value is -1.61. The number of carbonyl (C=O) groups is 1. The van der Waals surface area contributed by atoms with Crippen molar-refractivity contribution in [3.05, 3.63) is 47.5 Å². The molecule has 1 aliphatic carbocycles. The molecule has 3 rings (SSSR count). The van der Waals surface area contributed by atoms with E-state index in [0.717, 1.165) is 26.1 Å². The summed E-state index contributed by atoms with van der Waals surface area (Å²) in [5.74, 6) is 1.49. The maximum atomic E-state index is 12.2. The standard InChI is InChI=1S/C20H28N2O/c23-20(22-15-17-10-12-21-13-11-17)14-16-6-8-19(9-7-16)18-4-2-1-3-5-18/h1-5,10,16,19,21H,6-9,11-15H2,(H,22,23). The van der Waals surface area contributed by atoms with E-state index in [4.69, 9.17) is 0 Å². The van der Waals surface area contributed by atoms with Crippen molar-refractivity contribution in [1.82, 2.24) is 10.6 Å². The van der Waals surface area contributed by atoms with Gasteiger partial charge in [0, 0.05) is 19.5 Å². The number of carbonyl (C=O) groups excluding carboxylic acids is 1. The minimum atomic E-state index is 0.229. The predicted octanol–water partition coefficient (Wildman–Crippen LogP) is 3.39. The van der Waals surface area contributed by atoms with Crippen LogP contribution in [0.5, 0.6) is 0 Å². The first-order chi connectivity index (χ1) is 11.3. The molecule has 0 atom stereocenters. The summed E-state index contributed by atoms with van der Waals surface area (Å²) in [5.41, 5.74) is 2.83. The van der Waals surface area contributed by atoms with Gasteiger partial charge in [-0.05, 0) is 56.0 Å². The molecule has 2 aliphatic rings.